The topological polar surface area (TPSA) is 41.1 Å². The first kappa shape index (κ1) is 15.5. The minimum absolute atomic E-state index is 0.0305. The zero-order chi connectivity index (χ0) is 15.5. The van der Waals surface area contributed by atoms with Gasteiger partial charge in [0.1, 0.15) is 0 Å². The maximum atomic E-state index is 12.5. The Labute approximate surface area is 139 Å². The van der Waals surface area contributed by atoms with Gasteiger partial charge in [0.05, 0.1) is 10.4 Å². The Hall–Kier alpha value is -1.36. The number of rotatable bonds is 3. The van der Waals surface area contributed by atoms with Crippen LogP contribution >= 0.6 is 22.9 Å². The predicted octanol–water partition coefficient (Wildman–Crippen LogP) is 3.58. The average molecular weight is 335 g/mol. The fraction of sp³-hybridized carbons (Fsp3) is 0.353. The van der Waals surface area contributed by atoms with Crippen LogP contribution in [0.15, 0.2) is 30.3 Å². The highest BCUT2D eigenvalue weighted by Crippen LogP contribution is 2.27. The molecule has 22 heavy (non-hydrogen) atoms. The number of carbonyl (C=O) groups excluding carboxylic acids is 1. The average Bonchev–Trinajstić information content (AvgIpc) is 2.81. The number of fused-ring (bicyclic) bond motifs is 1. The maximum absolute atomic E-state index is 12.5. The monoisotopic (exact) mass is 334 g/mol. The van der Waals surface area contributed by atoms with Crippen LogP contribution in [-0.2, 0) is 12.8 Å². The van der Waals surface area contributed by atoms with Gasteiger partial charge in [0.25, 0.3) is 5.91 Å². The van der Waals surface area contributed by atoms with Crippen molar-refractivity contribution >= 4 is 28.8 Å². The number of amides is 1. The second-order valence-electron chi connectivity index (χ2n) is 5.57. The molecular formula is C17H19ClN2OS. The van der Waals surface area contributed by atoms with Crippen molar-refractivity contribution in [1.29, 1.82) is 0 Å². The van der Waals surface area contributed by atoms with Crippen LogP contribution in [0.1, 0.15) is 39.3 Å². The van der Waals surface area contributed by atoms with Crippen molar-refractivity contribution in [3.8, 4) is 0 Å². The zero-order valence-corrected chi connectivity index (χ0v) is 14.1. The first-order valence-corrected chi connectivity index (χ1v) is 8.71. The summed E-state index contributed by atoms with van der Waals surface area (Å²) >= 11 is 7.45. The zero-order valence-electron chi connectivity index (χ0n) is 12.5. The summed E-state index contributed by atoms with van der Waals surface area (Å²) in [6, 6.07) is 9.83. The summed E-state index contributed by atoms with van der Waals surface area (Å²) in [7, 11) is 0. The molecule has 3 rings (SSSR count). The molecule has 2 aromatic rings. The molecule has 1 aromatic carbocycles. The van der Waals surface area contributed by atoms with Gasteiger partial charge in [-0.3, -0.25) is 4.79 Å². The van der Waals surface area contributed by atoms with E-state index >= 15 is 0 Å². The van der Waals surface area contributed by atoms with Gasteiger partial charge in [0.15, 0.2) is 0 Å². The van der Waals surface area contributed by atoms with Gasteiger partial charge < -0.3 is 10.6 Å². The quantitative estimate of drug-likeness (QED) is 0.900. The van der Waals surface area contributed by atoms with E-state index < -0.39 is 0 Å². The standard InChI is InChI=1S/C17H19ClN2OS/c1-11(15-4-5-16(18)22-15)20-17(21)14-3-2-12-6-8-19-9-7-13(12)10-14/h2-5,10-11,19H,6-9H2,1H3,(H,20,21). The molecule has 0 bridgehead atoms. The predicted molar refractivity (Wildman–Crippen MR) is 91.9 cm³/mol. The van der Waals surface area contributed by atoms with E-state index in [-0.39, 0.29) is 11.9 Å². The summed E-state index contributed by atoms with van der Waals surface area (Å²) in [4.78, 5) is 13.5. The molecular weight excluding hydrogens is 316 g/mol. The molecule has 1 amide bonds. The first-order chi connectivity index (χ1) is 10.6. The lowest BCUT2D eigenvalue weighted by atomic mass is 9.99. The van der Waals surface area contributed by atoms with Crippen molar-refractivity contribution in [3.05, 3.63) is 56.2 Å². The number of thiophene rings is 1. The Bertz CT molecular complexity index is 683. The van der Waals surface area contributed by atoms with Crippen LogP contribution in [-0.4, -0.2) is 19.0 Å². The summed E-state index contributed by atoms with van der Waals surface area (Å²) < 4.78 is 0.744. The molecule has 0 radical (unpaired) electrons. The number of hydrogen-bond acceptors (Lipinski definition) is 3. The minimum Gasteiger partial charge on any atom is -0.345 e. The Morgan fingerprint density at radius 3 is 2.73 bits per heavy atom. The van der Waals surface area contributed by atoms with Gasteiger partial charge in [-0.25, -0.2) is 0 Å². The van der Waals surface area contributed by atoms with Gasteiger partial charge in [0.2, 0.25) is 0 Å². The van der Waals surface area contributed by atoms with Crippen molar-refractivity contribution in [2.75, 3.05) is 13.1 Å². The highest BCUT2D eigenvalue weighted by molar-refractivity contribution is 7.16. The SMILES string of the molecule is CC(NC(=O)c1ccc2c(c1)CCNCC2)c1ccc(Cl)s1. The molecule has 1 unspecified atom stereocenters. The van der Waals surface area contributed by atoms with E-state index in [2.05, 4.69) is 16.7 Å². The lowest BCUT2D eigenvalue weighted by Crippen LogP contribution is -2.26. The molecule has 0 aliphatic carbocycles. The Morgan fingerprint density at radius 1 is 1.23 bits per heavy atom. The van der Waals surface area contributed by atoms with E-state index in [4.69, 9.17) is 11.6 Å². The van der Waals surface area contributed by atoms with Crippen LogP contribution in [0.3, 0.4) is 0 Å². The van der Waals surface area contributed by atoms with Crippen LogP contribution in [0, 0.1) is 0 Å². The number of carbonyl (C=O) groups is 1. The van der Waals surface area contributed by atoms with Crippen molar-refractivity contribution in [1.82, 2.24) is 10.6 Å². The summed E-state index contributed by atoms with van der Waals surface area (Å²) in [6.07, 6.45) is 2.01. The van der Waals surface area contributed by atoms with Crippen LogP contribution in [0.25, 0.3) is 0 Å². The van der Waals surface area contributed by atoms with Crippen molar-refractivity contribution < 1.29 is 4.79 Å². The lowest BCUT2D eigenvalue weighted by molar-refractivity contribution is 0.0940. The molecule has 2 heterocycles. The molecule has 0 spiro atoms. The molecule has 1 aliphatic rings. The van der Waals surface area contributed by atoms with Crippen LogP contribution < -0.4 is 10.6 Å². The van der Waals surface area contributed by atoms with Gasteiger partial charge in [-0.05, 0) is 68.2 Å². The molecule has 1 atom stereocenters. The number of halogens is 1. The van der Waals surface area contributed by atoms with Gasteiger partial charge in [0, 0.05) is 10.4 Å². The highest BCUT2D eigenvalue weighted by Gasteiger charge is 2.15. The van der Waals surface area contributed by atoms with E-state index in [1.54, 1.807) is 0 Å². The largest absolute Gasteiger partial charge is 0.345 e. The van der Waals surface area contributed by atoms with E-state index in [0.717, 1.165) is 40.7 Å². The molecule has 0 fully saturated rings. The number of nitrogens with one attached hydrogen (secondary N) is 2. The highest BCUT2D eigenvalue weighted by atomic mass is 35.5. The second kappa shape index (κ2) is 6.82. The first-order valence-electron chi connectivity index (χ1n) is 7.52. The van der Waals surface area contributed by atoms with Gasteiger partial charge in [-0.1, -0.05) is 17.7 Å². The smallest absolute Gasteiger partial charge is 0.251 e. The summed E-state index contributed by atoms with van der Waals surface area (Å²) in [5.41, 5.74) is 3.36. The van der Waals surface area contributed by atoms with Gasteiger partial charge >= 0.3 is 0 Å². The fourth-order valence-electron chi connectivity index (χ4n) is 2.73. The molecule has 2 N–H and O–H groups in total. The van der Waals surface area contributed by atoms with Crippen molar-refractivity contribution in [3.63, 3.8) is 0 Å². The summed E-state index contributed by atoms with van der Waals surface area (Å²) in [6.45, 7) is 3.96. The molecule has 3 nitrogen and oxygen atoms in total. The second-order valence-corrected chi connectivity index (χ2v) is 7.32. The van der Waals surface area contributed by atoms with Crippen molar-refractivity contribution in [2.24, 2.45) is 0 Å². The van der Waals surface area contributed by atoms with Crippen LogP contribution in [0.5, 0.6) is 0 Å². The van der Waals surface area contributed by atoms with Crippen LogP contribution in [0.4, 0.5) is 0 Å². The molecule has 1 aromatic heterocycles. The molecule has 116 valence electrons. The Morgan fingerprint density at radius 2 is 2.00 bits per heavy atom. The Balaban J connectivity index is 1.73. The third-order valence-electron chi connectivity index (χ3n) is 3.98. The van der Waals surface area contributed by atoms with Crippen LogP contribution in [0.2, 0.25) is 4.34 Å². The fourth-order valence-corrected chi connectivity index (χ4v) is 3.79. The Kier molecular flexibility index (Phi) is 4.81. The molecule has 1 aliphatic heterocycles. The summed E-state index contributed by atoms with van der Waals surface area (Å²) in [5, 5.41) is 6.43. The van der Waals surface area contributed by atoms with E-state index in [1.165, 1.54) is 22.5 Å². The van der Waals surface area contributed by atoms with E-state index in [1.807, 2.05) is 31.2 Å². The molecule has 0 saturated heterocycles. The minimum atomic E-state index is -0.0366. The van der Waals surface area contributed by atoms with Crippen molar-refractivity contribution in [2.45, 2.75) is 25.8 Å². The molecule has 5 heteroatoms. The van der Waals surface area contributed by atoms with Gasteiger partial charge in [-0.2, -0.15) is 0 Å². The molecule has 0 saturated carbocycles. The maximum Gasteiger partial charge on any atom is 0.251 e. The lowest BCUT2D eigenvalue weighted by Gasteiger charge is -2.13. The normalized spacial score (nSPS) is 15.7. The van der Waals surface area contributed by atoms with E-state index in [0.29, 0.717) is 0 Å². The van der Waals surface area contributed by atoms with E-state index in [9.17, 15) is 4.79 Å². The number of benzene rings is 1. The summed E-state index contributed by atoms with van der Waals surface area (Å²) in [5.74, 6) is -0.0305. The third kappa shape index (κ3) is 3.51. The third-order valence-corrected chi connectivity index (χ3v) is 5.39. The number of hydrogen-bond donors (Lipinski definition) is 2. The van der Waals surface area contributed by atoms with Gasteiger partial charge in [-0.15, -0.1) is 11.3 Å².